The number of rotatable bonds is 6. The van der Waals surface area contributed by atoms with Crippen LogP contribution < -0.4 is 0 Å². The minimum absolute atomic E-state index is 0.393. The van der Waals surface area contributed by atoms with Gasteiger partial charge in [0.15, 0.2) is 0 Å². The second-order valence-electron chi connectivity index (χ2n) is 3.05. The van der Waals surface area contributed by atoms with Crippen LogP contribution in [0.1, 0.15) is 13.3 Å². The first-order valence-electron chi connectivity index (χ1n) is 4.45. The van der Waals surface area contributed by atoms with Crippen LogP contribution in [0, 0.1) is 11.8 Å². The Hall–Kier alpha value is -0.560. The Balaban J connectivity index is 3.46. The third-order valence-corrected chi connectivity index (χ3v) is 1.68. The number of aliphatic hydroxyl groups excluding tert-OH is 1. The van der Waals surface area contributed by atoms with Crippen LogP contribution in [0.25, 0.3) is 0 Å². The Morgan fingerprint density at radius 2 is 2.23 bits per heavy atom. The monoisotopic (exact) mass is 185 g/mol. The van der Waals surface area contributed by atoms with Crippen LogP contribution in [0.3, 0.4) is 0 Å². The summed E-state index contributed by atoms with van der Waals surface area (Å²) >= 11 is 0. The van der Waals surface area contributed by atoms with Crippen LogP contribution >= 0.6 is 0 Å². The Bertz CT molecular complexity index is 171. The predicted molar refractivity (Wildman–Crippen MR) is 53.4 cm³/mol. The van der Waals surface area contributed by atoms with Crippen LogP contribution in [0.2, 0.25) is 0 Å². The van der Waals surface area contributed by atoms with Gasteiger partial charge in [-0.15, -0.1) is 11.8 Å². The minimum Gasteiger partial charge on any atom is -0.389 e. The first-order chi connectivity index (χ1) is 6.20. The first kappa shape index (κ1) is 12.4. The molecular weight excluding hydrogens is 166 g/mol. The van der Waals surface area contributed by atoms with Gasteiger partial charge in [-0.3, -0.25) is 0 Å². The summed E-state index contributed by atoms with van der Waals surface area (Å²) < 4.78 is 4.83. The molecule has 3 heteroatoms. The zero-order valence-corrected chi connectivity index (χ0v) is 8.71. The lowest BCUT2D eigenvalue weighted by molar-refractivity contribution is 0.0437. The molecule has 0 amide bonds. The van der Waals surface area contributed by atoms with Crippen molar-refractivity contribution in [2.24, 2.45) is 0 Å². The van der Waals surface area contributed by atoms with Gasteiger partial charge in [-0.1, -0.05) is 0 Å². The van der Waals surface area contributed by atoms with Crippen molar-refractivity contribution in [3.05, 3.63) is 0 Å². The molecular formula is C10H19NO2. The van der Waals surface area contributed by atoms with Crippen molar-refractivity contribution < 1.29 is 9.84 Å². The summed E-state index contributed by atoms with van der Waals surface area (Å²) in [5.41, 5.74) is 0. The normalized spacial score (nSPS) is 12.4. The van der Waals surface area contributed by atoms with Crippen molar-refractivity contribution in [2.75, 3.05) is 33.9 Å². The third kappa shape index (κ3) is 7.79. The maximum Gasteiger partial charge on any atom is 0.0899 e. The molecule has 1 N–H and O–H groups in total. The van der Waals surface area contributed by atoms with Crippen molar-refractivity contribution in [3.63, 3.8) is 0 Å². The lowest BCUT2D eigenvalue weighted by Crippen LogP contribution is -2.32. The standard InChI is InChI=1S/C10H19NO2/c1-4-5-6-7-11(2)8-10(12)9-13-3/h10,12H,6-9H2,1-3H3. The van der Waals surface area contributed by atoms with E-state index >= 15 is 0 Å². The molecule has 13 heavy (non-hydrogen) atoms. The summed E-state index contributed by atoms with van der Waals surface area (Å²) in [5.74, 6) is 5.82. The van der Waals surface area contributed by atoms with Gasteiger partial charge in [-0.25, -0.2) is 0 Å². The molecule has 0 fully saturated rings. The van der Waals surface area contributed by atoms with Gasteiger partial charge in [0.25, 0.3) is 0 Å². The summed E-state index contributed by atoms with van der Waals surface area (Å²) in [7, 11) is 3.56. The van der Waals surface area contributed by atoms with Crippen LogP contribution in [0.5, 0.6) is 0 Å². The highest BCUT2D eigenvalue weighted by Gasteiger charge is 2.06. The Morgan fingerprint density at radius 3 is 2.77 bits per heavy atom. The van der Waals surface area contributed by atoms with Crippen molar-refractivity contribution in [1.82, 2.24) is 4.90 Å². The zero-order valence-electron chi connectivity index (χ0n) is 8.71. The average molecular weight is 185 g/mol. The lowest BCUT2D eigenvalue weighted by atomic mass is 10.3. The van der Waals surface area contributed by atoms with E-state index in [1.807, 2.05) is 18.9 Å². The van der Waals surface area contributed by atoms with E-state index in [2.05, 4.69) is 11.8 Å². The van der Waals surface area contributed by atoms with Crippen molar-refractivity contribution in [2.45, 2.75) is 19.4 Å². The van der Waals surface area contributed by atoms with E-state index in [4.69, 9.17) is 4.74 Å². The summed E-state index contributed by atoms with van der Waals surface area (Å²) in [5, 5.41) is 9.37. The van der Waals surface area contributed by atoms with Crippen LogP contribution in [-0.4, -0.2) is 50.0 Å². The molecule has 0 aliphatic heterocycles. The van der Waals surface area contributed by atoms with E-state index in [-0.39, 0.29) is 0 Å². The van der Waals surface area contributed by atoms with Crippen LogP contribution in [0.4, 0.5) is 0 Å². The highest BCUT2D eigenvalue weighted by Crippen LogP contribution is 1.91. The Kier molecular flexibility index (Phi) is 7.71. The Labute approximate surface area is 80.7 Å². The highest BCUT2D eigenvalue weighted by molar-refractivity contribution is 4.95. The topological polar surface area (TPSA) is 32.7 Å². The smallest absolute Gasteiger partial charge is 0.0899 e. The quantitative estimate of drug-likeness (QED) is 0.606. The molecule has 0 aromatic heterocycles. The maximum absolute atomic E-state index is 9.37. The summed E-state index contributed by atoms with van der Waals surface area (Å²) in [6.45, 7) is 3.75. The predicted octanol–water partition coefficient (Wildman–Crippen LogP) is 0.339. The van der Waals surface area contributed by atoms with Gasteiger partial charge in [0.05, 0.1) is 12.7 Å². The van der Waals surface area contributed by atoms with E-state index in [0.717, 1.165) is 13.0 Å². The molecule has 0 saturated carbocycles. The molecule has 1 unspecified atom stereocenters. The molecule has 0 heterocycles. The summed E-state index contributed by atoms with van der Waals surface area (Å²) in [6.07, 6.45) is 0.455. The second-order valence-corrected chi connectivity index (χ2v) is 3.05. The SMILES string of the molecule is CC#CCCN(C)CC(O)COC. The van der Waals surface area contributed by atoms with Gasteiger partial charge in [0.2, 0.25) is 0 Å². The van der Waals surface area contributed by atoms with E-state index in [9.17, 15) is 5.11 Å². The fourth-order valence-electron chi connectivity index (χ4n) is 1.07. The second kappa shape index (κ2) is 8.06. The van der Waals surface area contributed by atoms with Crippen LogP contribution in [-0.2, 0) is 4.74 Å². The number of hydrogen-bond acceptors (Lipinski definition) is 3. The number of ether oxygens (including phenoxy) is 1. The number of likely N-dealkylation sites (N-methyl/N-ethyl adjacent to an activating group) is 1. The van der Waals surface area contributed by atoms with Gasteiger partial charge in [0, 0.05) is 26.6 Å². The number of methoxy groups -OCH3 is 1. The van der Waals surface area contributed by atoms with E-state index < -0.39 is 6.10 Å². The highest BCUT2D eigenvalue weighted by atomic mass is 16.5. The number of aliphatic hydroxyl groups is 1. The molecule has 0 aliphatic carbocycles. The number of hydrogen-bond donors (Lipinski definition) is 1. The molecule has 0 radical (unpaired) electrons. The van der Waals surface area contributed by atoms with Crippen molar-refractivity contribution in [1.29, 1.82) is 0 Å². The largest absolute Gasteiger partial charge is 0.389 e. The van der Waals surface area contributed by atoms with Gasteiger partial charge in [-0.2, -0.15) is 0 Å². The van der Waals surface area contributed by atoms with Gasteiger partial charge >= 0.3 is 0 Å². The van der Waals surface area contributed by atoms with E-state index in [1.165, 1.54) is 0 Å². The fraction of sp³-hybridized carbons (Fsp3) is 0.800. The summed E-state index contributed by atoms with van der Waals surface area (Å²) in [6, 6.07) is 0. The molecule has 0 aliphatic rings. The average Bonchev–Trinajstić information content (AvgIpc) is 2.05. The maximum atomic E-state index is 9.37. The molecule has 0 aromatic carbocycles. The molecule has 0 spiro atoms. The molecule has 1 atom stereocenters. The minimum atomic E-state index is -0.399. The molecule has 76 valence electrons. The van der Waals surface area contributed by atoms with E-state index in [0.29, 0.717) is 13.2 Å². The Morgan fingerprint density at radius 1 is 1.54 bits per heavy atom. The zero-order chi connectivity index (χ0) is 10.1. The molecule has 0 bridgehead atoms. The third-order valence-electron chi connectivity index (χ3n) is 1.68. The van der Waals surface area contributed by atoms with Crippen molar-refractivity contribution in [3.8, 4) is 11.8 Å². The number of nitrogens with zero attached hydrogens (tertiary/aromatic N) is 1. The van der Waals surface area contributed by atoms with E-state index in [1.54, 1.807) is 7.11 Å². The first-order valence-corrected chi connectivity index (χ1v) is 4.45. The molecule has 3 nitrogen and oxygen atoms in total. The van der Waals surface area contributed by atoms with Crippen molar-refractivity contribution >= 4 is 0 Å². The van der Waals surface area contributed by atoms with Gasteiger partial charge in [-0.05, 0) is 14.0 Å². The van der Waals surface area contributed by atoms with Crippen LogP contribution in [0.15, 0.2) is 0 Å². The molecule has 0 rings (SSSR count). The fourth-order valence-corrected chi connectivity index (χ4v) is 1.07. The molecule has 0 saturated heterocycles. The molecule has 0 aromatic rings. The van der Waals surface area contributed by atoms with Gasteiger partial charge < -0.3 is 14.7 Å². The lowest BCUT2D eigenvalue weighted by Gasteiger charge is -2.18. The van der Waals surface area contributed by atoms with Gasteiger partial charge in [0.1, 0.15) is 0 Å². The summed E-state index contributed by atoms with van der Waals surface area (Å²) in [4.78, 5) is 2.05.